The average molecular weight is 302 g/mol. The van der Waals surface area contributed by atoms with Crippen molar-refractivity contribution in [3.63, 3.8) is 0 Å². The molecule has 0 N–H and O–H groups in total. The van der Waals surface area contributed by atoms with Gasteiger partial charge >= 0.3 is 0 Å². The monoisotopic (exact) mass is 302 g/mol. The van der Waals surface area contributed by atoms with Crippen molar-refractivity contribution in [3.8, 4) is 0 Å². The van der Waals surface area contributed by atoms with Gasteiger partial charge in [-0.25, -0.2) is 0 Å². The molecule has 0 bridgehead atoms. The number of Topliss-reactive ketones (excluding diaryl/α,β-unsaturated/α-hetero) is 1. The minimum absolute atomic E-state index is 0.154. The second-order valence-corrected chi connectivity index (χ2v) is 6.57. The van der Waals surface area contributed by atoms with Gasteiger partial charge in [0.25, 0.3) is 0 Å². The highest BCUT2D eigenvalue weighted by atomic mass is 16.3. The Balaban J connectivity index is 2.56. The Morgan fingerprint density at radius 1 is 0.909 bits per heavy atom. The van der Waals surface area contributed by atoms with Gasteiger partial charge in [0, 0.05) is 0 Å². The molecule has 2 aromatic rings. The Kier molecular flexibility index (Phi) is 4.37. The minimum Gasteiger partial charge on any atom is -0.468 e. The molecular formula is C19H26O3. The van der Waals surface area contributed by atoms with Gasteiger partial charge in [-0.2, -0.15) is 0 Å². The van der Waals surface area contributed by atoms with Gasteiger partial charge in [-0.15, -0.1) is 0 Å². The smallest absolute Gasteiger partial charge is 0.159 e. The lowest BCUT2D eigenvalue weighted by atomic mass is 9.65. The van der Waals surface area contributed by atoms with Crippen molar-refractivity contribution in [1.82, 2.24) is 0 Å². The van der Waals surface area contributed by atoms with Crippen LogP contribution in [0.15, 0.2) is 33.5 Å². The molecule has 0 aliphatic heterocycles. The van der Waals surface area contributed by atoms with E-state index < -0.39 is 10.8 Å². The van der Waals surface area contributed by atoms with Gasteiger partial charge in [-0.3, -0.25) is 4.79 Å². The maximum atomic E-state index is 13.5. The van der Waals surface area contributed by atoms with Crippen molar-refractivity contribution in [1.29, 1.82) is 0 Å². The molecule has 0 spiro atoms. The number of ketones is 1. The van der Waals surface area contributed by atoms with Gasteiger partial charge in [0.05, 0.1) is 23.4 Å². The molecule has 120 valence electrons. The molecule has 0 aliphatic carbocycles. The molecular weight excluding hydrogens is 276 g/mol. The molecule has 0 radical (unpaired) electrons. The molecule has 22 heavy (non-hydrogen) atoms. The van der Waals surface area contributed by atoms with Crippen LogP contribution in [-0.2, 0) is 15.6 Å². The van der Waals surface area contributed by atoms with Gasteiger partial charge in [-0.05, 0) is 63.8 Å². The van der Waals surface area contributed by atoms with Crippen molar-refractivity contribution in [3.05, 3.63) is 47.3 Å². The summed E-state index contributed by atoms with van der Waals surface area (Å²) in [6.45, 7) is 12.0. The van der Waals surface area contributed by atoms with Crippen LogP contribution in [0, 0.1) is 13.8 Å². The number of hydrogen-bond donors (Lipinski definition) is 0. The molecule has 0 fully saturated rings. The second-order valence-electron chi connectivity index (χ2n) is 6.57. The van der Waals surface area contributed by atoms with E-state index in [9.17, 15) is 4.79 Å². The van der Waals surface area contributed by atoms with Crippen LogP contribution < -0.4 is 0 Å². The molecule has 0 saturated carbocycles. The highest BCUT2D eigenvalue weighted by molar-refractivity contribution is 5.97. The van der Waals surface area contributed by atoms with Crippen LogP contribution in [0.3, 0.4) is 0 Å². The van der Waals surface area contributed by atoms with Crippen molar-refractivity contribution >= 4 is 5.78 Å². The summed E-state index contributed by atoms with van der Waals surface area (Å²) in [4.78, 5) is 13.5. The van der Waals surface area contributed by atoms with E-state index in [0.717, 1.165) is 22.6 Å². The Bertz CT molecular complexity index is 608. The van der Waals surface area contributed by atoms with Crippen LogP contribution >= 0.6 is 0 Å². The van der Waals surface area contributed by atoms with Crippen molar-refractivity contribution in [2.75, 3.05) is 0 Å². The summed E-state index contributed by atoms with van der Waals surface area (Å²) in [6.07, 6.45) is 4.70. The third-order valence-corrected chi connectivity index (χ3v) is 5.14. The number of furan rings is 2. The van der Waals surface area contributed by atoms with E-state index in [4.69, 9.17) is 8.83 Å². The fourth-order valence-corrected chi connectivity index (χ4v) is 3.33. The third-order valence-electron chi connectivity index (χ3n) is 5.14. The quantitative estimate of drug-likeness (QED) is 0.746. The molecule has 0 saturated heterocycles. The maximum Gasteiger partial charge on any atom is 0.159 e. The normalized spacial score (nSPS) is 17.0. The molecule has 3 heteroatoms. The van der Waals surface area contributed by atoms with E-state index in [2.05, 4.69) is 0 Å². The predicted octanol–water partition coefficient (Wildman–Crippen LogP) is 5.09. The highest BCUT2D eigenvalue weighted by Crippen LogP contribution is 2.42. The first kappa shape index (κ1) is 16.6. The van der Waals surface area contributed by atoms with E-state index >= 15 is 0 Å². The zero-order chi connectivity index (χ0) is 16.5. The topological polar surface area (TPSA) is 43.4 Å². The molecule has 2 atom stereocenters. The van der Waals surface area contributed by atoms with Crippen LogP contribution in [0.1, 0.15) is 63.2 Å². The van der Waals surface area contributed by atoms with Gasteiger partial charge in [0.2, 0.25) is 0 Å². The first-order valence-electron chi connectivity index (χ1n) is 7.95. The fraction of sp³-hybridized carbons (Fsp3) is 0.526. The molecule has 2 rings (SSSR count). The van der Waals surface area contributed by atoms with E-state index in [1.807, 2.05) is 53.7 Å². The standard InChI is InChI=1S/C19H26O3/c1-7-18(5,15-13(3)9-11-21-15)17(20)19(6,8-2)16-14(4)10-12-22-16/h9-12H,7-8H2,1-6H3. The molecule has 3 nitrogen and oxygen atoms in total. The Labute approximate surface area is 132 Å². The SMILES string of the molecule is CCC(C)(C(=O)C(C)(CC)c1occc1C)c1occc1C. The van der Waals surface area contributed by atoms with E-state index in [1.54, 1.807) is 12.5 Å². The molecule has 0 amide bonds. The summed E-state index contributed by atoms with van der Waals surface area (Å²) in [7, 11) is 0. The minimum atomic E-state index is -0.655. The molecule has 2 aromatic heterocycles. The first-order chi connectivity index (χ1) is 10.3. The van der Waals surface area contributed by atoms with E-state index in [-0.39, 0.29) is 5.78 Å². The molecule has 2 heterocycles. The molecule has 0 aromatic carbocycles. The average Bonchev–Trinajstić information content (AvgIpc) is 3.13. The number of rotatable bonds is 6. The number of carbonyl (C=O) groups is 1. The summed E-state index contributed by atoms with van der Waals surface area (Å²) in [5, 5.41) is 0. The van der Waals surface area contributed by atoms with E-state index in [0.29, 0.717) is 12.8 Å². The van der Waals surface area contributed by atoms with Crippen molar-refractivity contribution < 1.29 is 13.6 Å². The Morgan fingerprint density at radius 3 is 1.50 bits per heavy atom. The van der Waals surface area contributed by atoms with Gasteiger partial charge in [-0.1, -0.05) is 13.8 Å². The number of aryl methyl sites for hydroxylation is 2. The Morgan fingerprint density at radius 2 is 1.27 bits per heavy atom. The van der Waals surface area contributed by atoms with Crippen molar-refractivity contribution in [2.45, 2.75) is 65.2 Å². The maximum absolute atomic E-state index is 13.5. The van der Waals surface area contributed by atoms with E-state index in [1.165, 1.54) is 0 Å². The van der Waals surface area contributed by atoms with Gasteiger partial charge in [0.1, 0.15) is 11.5 Å². The predicted molar refractivity (Wildman–Crippen MR) is 87.2 cm³/mol. The summed E-state index contributed by atoms with van der Waals surface area (Å²) < 4.78 is 11.4. The fourth-order valence-electron chi connectivity index (χ4n) is 3.33. The largest absolute Gasteiger partial charge is 0.468 e. The zero-order valence-electron chi connectivity index (χ0n) is 14.4. The Hall–Kier alpha value is -1.77. The van der Waals surface area contributed by atoms with Crippen LogP contribution in [-0.4, -0.2) is 5.78 Å². The summed E-state index contributed by atoms with van der Waals surface area (Å²) in [5.41, 5.74) is 0.731. The van der Waals surface area contributed by atoms with Crippen LogP contribution in [0.25, 0.3) is 0 Å². The number of hydrogen-bond acceptors (Lipinski definition) is 3. The third kappa shape index (κ3) is 2.33. The van der Waals surface area contributed by atoms with Gasteiger partial charge in [0.15, 0.2) is 5.78 Å². The summed E-state index contributed by atoms with van der Waals surface area (Å²) >= 11 is 0. The summed E-state index contributed by atoms with van der Waals surface area (Å²) in [5.74, 6) is 1.69. The lowest BCUT2D eigenvalue weighted by Crippen LogP contribution is -2.45. The van der Waals surface area contributed by atoms with Crippen LogP contribution in [0.5, 0.6) is 0 Å². The molecule has 2 unspecified atom stereocenters. The van der Waals surface area contributed by atoms with Crippen molar-refractivity contribution in [2.24, 2.45) is 0 Å². The zero-order valence-corrected chi connectivity index (χ0v) is 14.4. The first-order valence-corrected chi connectivity index (χ1v) is 7.95. The lowest BCUT2D eigenvalue weighted by Gasteiger charge is -2.35. The van der Waals surface area contributed by atoms with Crippen LogP contribution in [0.4, 0.5) is 0 Å². The number of carbonyl (C=O) groups excluding carboxylic acids is 1. The second kappa shape index (κ2) is 5.79. The van der Waals surface area contributed by atoms with Gasteiger partial charge < -0.3 is 8.83 Å². The summed E-state index contributed by atoms with van der Waals surface area (Å²) in [6, 6.07) is 3.83. The highest BCUT2D eigenvalue weighted by Gasteiger charge is 2.49. The lowest BCUT2D eigenvalue weighted by molar-refractivity contribution is -0.131. The molecule has 0 aliphatic rings. The van der Waals surface area contributed by atoms with Crippen LogP contribution in [0.2, 0.25) is 0 Å².